The number of hydrogen-bond donors (Lipinski definition) is 4. The average Bonchev–Trinajstić information content (AvgIpc) is 3.78. The molecule has 2 aromatic carbocycles. The highest BCUT2D eigenvalue weighted by Crippen LogP contribution is 2.57. The molecule has 0 spiro atoms. The van der Waals surface area contributed by atoms with Crippen LogP contribution in [-0.4, -0.2) is 65.9 Å². The number of nitrogens with zero attached hydrogens (tertiary/aromatic N) is 2. The zero-order valence-corrected chi connectivity index (χ0v) is 29.2. The van der Waals surface area contributed by atoms with Gasteiger partial charge in [-0.15, -0.1) is 0 Å². The lowest BCUT2D eigenvalue weighted by molar-refractivity contribution is -0.131. The number of nitrogens with two attached hydrogens (primary N) is 1. The third kappa shape index (κ3) is 7.53. The molecule has 8 nitrogen and oxygen atoms in total. The number of carbonyl (C=O) groups is 2. The smallest absolute Gasteiger partial charge is 0.242 e. The minimum absolute atomic E-state index is 0.0271. The van der Waals surface area contributed by atoms with E-state index < -0.39 is 11.5 Å². The van der Waals surface area contributed by atoms with Crippen LogP contribution in [0.3, 0.4) is 0 Å². The molecule has 0 unspecified atom stereocenters. The Bertz CT molecular complexity index is 1430. The largest absolute Gasteiger partial charge is 0.508 e. The molecule has 47 heavy (non-hydrogen) atoms. The molecule has 1 saturated heterocycles. The van der Waals surface area contributed by atoms with Crippen LogP contribution in [0.25, 0.3) is 0 Å². The van der Waals surface area contributed by atoms with Gasteiger partial charge in [0, 0.05) is 32.1 Å². The van der Waals surface area contributed by atoms with Crippen LogP contribution < -0.4 is 16.4 Å². The van der Waals surface area contributed by atoms with Crippen molar-refractivity contribution in [3.8, 4) is 5.75 Å². The first-order chi connectivity index (χ1) is 22.5. The Morgan fingerprint density at radius 1 is 1.13 bits per heavy atom. The van der Waals surface area contributed by atoms with Crippen LogP contribution in [0, 0.1) is 17.8 Å². The molecule has 256 valence electrons. The first-order valence-electron chi connectivity index (χ1n) is 18.0. The van der Waals surface area contributed by atoms with Crippen LogP contribution in [0.15, 0.2) is 53.5 Å². The van der Waals surface area contributed by atoms with Crippen molar-refractivity contribution in [1.29, 1.82) is 0 Å². The van der Waals surface area contributed by atoms with Crippen molar-refractivity contribution in [3.05, 3.63) is 65.2 Å². The Morgan fingerprint density at radius 3 is 2.62 bits per heavy atom. The Kier molecular flexibility index (Phi) is 11.0. The van der Waals surface area contributed by atoms with Crippen molar-refractivity contribution >= 4 is 17.6 Å². The topological polar surface area (TPSA) is 120 Å². The van der Waals surface area contributed by atoms with Gasteiger partial charge in [-0.2, -0.15) is 0 Å². The highest BCUT2D eigenvalue weighted by atomic mass is 16.3. The zero-order valence-electron chi connectivity index (χ0n) is 29.2. The second-order valence-electron chi connectivity index (χ2n) is 15.0. The number of fused-ring (bicyclic) bond motifs is 4. The summed E-state index contributed by atoms with van der Waals surface area (Å²) in [5, 5.41) is 16.6. The Hall–Kier alpha value is -3.39. The van der Waals surface area contributed by atoms with Gasteiger partial charge in [0.1, 0.15) is 11.8 Å². The number of amidine groups is 1. The van der Waals surface area contributed by atoms with Gasteiger partial charge in [-0.25, -0.2) is 0 Å². The maximum Gasteiger partial charge on any atom is 0.242 e. The lowest BCUT2D eigenvalue weighted by Crippen LogP contribution is -2.58. The number of nitrogens with one attached hydrogen (secondary N) is 2. The predicted molar refractivity (Wildman–Crippen MR) is 190 cm³/mol. The van der Waals surface area contributed by atoms with Crippen molar-refractivity contribution in [2.45, 2.75) is 109 Å². The van der Waals surface area contributed by atoms with E-state index in [2.05, 4.69) is 66.4 Å². The number of rotatable bonds is 15. The molecular formula is C39H57N5O3. The number of likely N-dealkylation sites (tertiary alicyclic amines) is 1. The molecule has 5 N–H and O–H groups in total. The summed E-state index contributed by atoms with van der Waals surface area (Å²) in [4.78, 5) is 34.8. The Labute approximate surface area is 282 Å². The number of hydrogen-bond acceptors (Lipinski definition) is 5. The van der Waals surface area contributed by atoms with E-state index in [1.807, 2.05) is 37.3 Å². The second-order valence-corrected chi connectivity index (χ2v) is 15.0. The highest BCUT2D eigenvalue weighted by Gasteiger charge is 2.62. The third-order valence-electron chi connectivity index (χ3n) is 11.5. The maximum absolute atomic E-state index is 14.4. The molecule has 1 heterocycles. The summed E-state index contributed by atoms with van der Waals surface area (Å²) in [6.07, 6.45) is 6.89. The lowest BCUT2D eigenvalue weighted by atomic mass is 9.59. The summed E-state index contributed by atoms with van der Waals surface area (Å²) in [6, 6.07) is 15.9. The number of aromatic hydroxyl groups is 1. The van der Waals surface area contributed by atoms with E-state index in [0.717, 1.165) is 70.1 Å². The Morgan fingerprint density at radius 2 is 1.89 bits per heavy atom. The normalized spacial score (nSPS) is 27.6. The predicted octanol–water partition coefficient (Wildman–Crippen LogP) is 5.46. The molecule has 8 heteroatoms. The van der Waals surface area contributed by atoms with Crippen LogP contribution in [-0.2, 0) is 26.8 Å². The summed E-state index contributed by atoms with van der Waals surface area (Å²) in [7, 11) is 0. The fourth-order valence-corrected chi connectivity index (χ4v) is 8.33. The van der Waals surface area contributed by atoms with E-state index in [-0.39, 0.29) is 29.1 Å². The van der Waals surface area contributed by atoms with E-state index >= 15 is 0 Å². The van der Waals surface area contributed by atoms with Crippen molar-refractivity contribution in [2.75, 3.05) is 26.2 Å². The molecule has 2 bridgehead atoms. The van der Waals surface area contributed by atoms with Crippen molar-refractivity contribution in [1.82, 2.24) is 15.5 Å². The molecule has 1 saturated carbocycles. The van der Waals surface area contributed by atoms with Crippen molar-refractivity contribution in [2.24, 2.45) is 28.5 Å². The number of phenols is 1. The van der Waals surface area contributed by atoms with Crippen molar-refractivity contribution in [3.63, 3.8) is 0 Å². The monoisotopic (exact) mass is 643 g/mol. The zero-order chi connectivity index (χ0) is 33.8. The third-order valence-corrected chi connectivity index (χ3v) is 11.5. The minimum Gasteiger partial charge on any atom is -0.508 e. The molecule has 2 amide bonds. The number of carbonyl (C=O) groups excluding carboxylic acids is 2. The van der Waals surface area contributed by atoms with E-state index in [1.54, 1.807) is 0 Å². The van der Waals surface area contributed by atoms with Gasteiger partial charge in [0.25, 0.3) is 0 Å². The van der Waals surface area contributed by atoms with Gasteiger partial charge in [0.05, 0.1) is 11.3 Å². The molecular weight excluding hydrogens is 586 g/mol. The summed E-state index contributed by atoms with van der Waals surface area (Å²) < 4.78 is 0. The number of unbranched alkanes of at least 4 members (excludes halogenated alkanes) is 2. The summed E-state index contributed by atoms with van der Waals surface area (Å²) in [5.41, 5.74) is 8.85. The van der Waals surface area contributed by atoms with Gasteiger partial charge in [-0.05, 0) is 103 Å². The van der Waals surface area contributed by atoms with Crippen LogP contribution >= 0.6 is 0 Å². The van der Waals surface area contributed by atoms with Gasteiger partial charge in [0.2, 0.25) is 11.8 Å². The molecule has 2 aromatic rings. The van der Waals surface area contributed by atoms with Gasteiger partial charge < -0.3 is 21.5 Å². The van der Waals surface area contributed by atoms with Crippen LogP contribution in [0.1, 0.15) is 96.3 Å². The molecule has 3 aliphatic rings. The quantitative estimate of drug-likeness (QED) is 0.117. The fraction of sp³-hybridized carbons (Fsp3) is 0.615. The lowest BCUT2D eigenvalue weighted by Gasteiger charge is -2.55. The van der Waals surface area contributed by atoms with Crippen molar-refractivity contribution < 1.29 is 14.7 Å². The average molecular weight is 644 g/mol. The molecule has 5 rings (SSSR count). The summed E-state index contributed by atoms with van der Waals surface area (Å²) >= 11 is 0. The van der Waals surface area contributed by atoms with E-state index in [4.69, 9.17) is 5.73 Å². The maximum atomic E-state index is 14.4. The number of phenolic OH excluding ortho intramolecular Hbond substituents is 1. The summed E-state index contributed by atoms with van der Waals surface area (Å²) in [5.74, 6) is 1.78. The van der Waals surface area contributed by atoms with Crippen LogP contribution in [0.2, 0.25) is 0 Å². The summed E-state index contributed by atoms with van der Waals surface area (Å²) in [6.45, 7) is 14.0. The molecule has 1 aliphatic heterocycles. The molecule has 0 aromatic heterocycles. The van der Waals surface area contributed by atoms with Gasteiger partial charge in [0.15, 0.2) is 0 Å². The first kappa shape index (κ1) is 34.9. The van der Waals surface area contributed by atoms with Gasteiger partial charge in [-0.1, -0.05) is 71.0 Å². The standard InChI is InChI=1S/C39H57N5O3/c1-6-35(40)41-18-11-8-12-19-42-36(46)33(21-26(2)3)43-37(47)39(29-13-9-7-10-14-29)24-30(39)25-44-20-17-38(5)27(4)34(44)22-28-15-16-31(45)23-32(28)38/h7,9-10,13-16,23,26-27,30,33-34,45H,6,8,11-12,17-22,24-25H2,1-5H3,(H2,40,41)(H,42,46)(H,43,47)/t27-,30-,33+,34-,38-,39+/m1/s1. The van der Waals surface area contributed by atoms with Gasteiger partial charge in [-0.3, -0.25) is 19.5 Å². The molecule has 6 atom stereocenters. The fourth-order valence-electron chi connectivity index (χ4n) is 8.33. The number of benzene rings is 2. The van der Waals surface area contributed by atoms with E-state index in [1.165, 1.54) is 11.1 Å². The number of aliphatic imine (C=N–C) groups is 1. The highest BCUT2D eigenvalue weighted by molar-refractivity contribution is 5.95. The second kappa shape index (κ2) is 14.8. The Balaban J connectivity index is 1.25. The van der Waals surface area contributed by atoms with Crippen LogP contribution in [0.4, 0.5) is 0 Å². The molecule has 2 fully saturated rings. The SMILES string of the molecule is CCC(N)=NCCCCCNC(=O)[C@H](CC(C)C)NC(=O)[C@]1(c2ccccc2)C[C@@H]1CN1CC[C@@]2(C)c3cc(O)ccc3C[C@@H]1[C@H]2C. The number of piperidine rings is 1. The molecule has 0 radical (unpaired) electrons. The minimum atomic E-state index is -0.639. The van der Waals surface area contributed by atoms with Crippen LogP contribution in [0.5, 0.6) is 5.75 Å². The van der Waals surface area contributed by atoms with E-state index in [9.17, 15) is 14.7 Å². The van der Waals surface area contributed by atoms with Gasteiger partial charge >= 0.3 is 0 Å². The first-order valence-corrected chi connectivity index (χ1v) is 18.0. The molecule has 2 aliphatic carbocycles. The number of amides is 2. The van der Waals surface area contributed by atoms with E-state index in [0.29, 0.717) is 36.5 Å².